The van der Waals surface area contributed by atoms with E-state index in [9.17, 15) is 0 Å². The van der Waals surface area contributed by atoms with Gasteiger partial charge in [-0.15, -0.1) is 11.3 Å². The molecule has 3 aromatic rings. The molecule has 1 nitrogen and oxygen atoms in total. The Morgan fingerprint density at radius 3 is 2.38 bits per heavy atom. The van der Waals surface area contributed by atoms with Crippen LogP contribution in [0.1, 0.15) is 25.3 Å². The van der Waals surface area contributed by atoms with E-state index in [-0.39, 0.29) is 0 Å². The fourth-order valence-corrected chi connectivity index (χ4v) is 3.52. The van der Waals surface area contributed by atoms with Crippen molar-refractivity contribution in [2.75, 3.05) is 0 Å². The molecule has 0 saturated carbocycles. The van der Waals surface area contributed by atoms with Crippen LogP contribution in [0.4, 0.5) is 0 Å². The van der Waals surface area contributed by atoms with E-state index in [1.54, 1.807) is 11.3 Å². The minimum atomic E-state index is 0.561. The fourth-order valence-electron chi connectivity index (χ4n) is 2.21. The largest absolute Gasteiger partial charge is 0.236 e. The van der Waals surface area contributed by atoms with Crippen LogP contribution in [0.3, 0.4) is 0 Å². The van der Waals surface area contributed by atoms with Crippen LogP contribution in [-0.4, -0.2) is 4.98 Å². The number of halogens is 1. The predicted octanol–water partition coefficient (Wildman–Crippen LogP) is 6.36. The third kappa shape index (κ3) is 3.09. The molecule has 0 amide bonds. The zero-order chi connectivity index (χ0) is 14.8. The van der Waals surface area contributed by atoms with E-state index in [0.717, 1.165) is 20.7 Å². The highest BCUT2D eigenvalue weighted by Crippen LogP contribution is 2.33. The molecule has 0 aliphatic heterocycles. The lowest BCUT2D eigenvalue weighted by atomic mass is 10.0. The van der Waals surface area contributed by atoms with Gasteiger partial charge in [0, 0.05) is 21.0 Å². The van der Waals surface area contributed by atoms with E-state index < -0.39 is 0 Å². The summed E-state index contributed by atoms with van der Waals surface area (Å²) in [5, 5.41) is 3.18. The smallest absolute Gasteiger partial charge is 0.124 e. The molecule has 0 spiro atoms. The van der Waals surface area contributed by atoms with Gasteiger partial charge >= 0.3 is 0 Å². The molecular weight excluding hydrogens is 342 g/mol. The Labute approximate surface area is 137 Å². The standard InChI is InChI=1S/C18H16BrNS/c1-12(2)13-7-9-14(10-8-13)18-20-17(11-21-18)15-5-3-4-6-16(15)19/h3-12H,1-2H3. The lowest BCUT2D eigenvalue weighted by Crippen LogP contribution is -1.86. The average Bonchev–Trinajstić information content (AvgIpc) is 2.97. The maximum Gasteiger partial charge on any atom is 0.124 e. The minimum Gasteiger partial charge on any atom is -0.236 e. The molecule has 0 unspecified atom stereocenters. The third-order valence-corrected chi connectivity index (χ3v) is 5.06. The van der Waals surface area contributed by atoms with E-state index in [1.165, 1.54) is 11.1 Å². The van der Waals surface area contributed by atoms with Crippen molar-refractivity contribution in [2.45, 2.75) is 19.8 Å². The lowest BCUT2D eigenvalue weighted by molar-refractivity contribution is 0.867. The number of benzene rings is 2. The SMILES string of the molecule is CC(C)c1ccc(-c2nc(-c3ccccc3Br)cs2)cc1. The Hall–Kier alpha value is -1.45. The Morgan fingerprint density at radius 2 is 1.71 bits per heavy atom. The molecule has 0 saturated heterocycles. The minimum absolute atomic E-state index is 0.561. The van der Waals surface area contributed by atoms with Crippen molar-refractivity contribution in [3.05, 3.63) is 63.9 Å². The van der Waals surface area contributed by atoms with Gasteiger partial charge in [0.25, 0.3) is 0 Å². The Bertz CT molecular complexity index is 744. The van der Waals surface area contributed by atoms with Gasteiger partial charge in [-0.05, 0) is 17.5 Å². The highest BCUT2D eigenvalue weighted by Gasteiger charge is 2.09. The van der Waals surface area contributed by atoms with E-state index >= 15 is 0 Å². The molecule has 1 aromatic heterocycles. The second-order valence-electron chi connectivity index (χ2n) is 5.29. The van der Waals surface area contributed by atoms with E-state index in [1.807, 2.05) is 18.2 Å². The molecule has 21 heavy (non-hydrogen) atoms. The summed E-state index contributed by atoms with van der Waals surface area (Å²) in [5.74, 6) is 0.561. The van der Waals surface area contributed by atoms with Crippen molar-refractivity contribution in [2.24, 2.45) is 0 Å². The number of aromatic nitrogens is 1. The molecular formula is C18H16BrNS. The van der Waals surface area contributed by atoms with Gasteiger partial charge in [-0.2, -0.15) is 0 Å². The van der Waals surface area contributed by atoms with Gasteiger partial charge in [-0.3, -0.25) is 0 Å². The molecule has 3 rings (SSSR count). The topological polar surface area (TPSA) is 12.9 Å². The Balaban J connectivity index is 1.93. The molecule has 0 radical (unpaired) electrons. The van der Waals surface area contributed by atoms with Crippen molar-refractivity contribution in [3.8, 4) is 21.8 Å². The van der Waals surface area contributed by atoms with Crippen LogP contribution in [0.5, 0.6) is 0 Å². The third-order valence-electron chi connectivity index (χ3n) is 3.48. The van der Waals surface area contributed by atoms with Crippen LogP contribution in [-0.2, 0) is 0 Å². The summed E-state index contributed by atoms with van der Waals surface area (Å²) in [7, 11) is 0. The molecule has 0 atom stereocenters. The summed E-state index contributed by atoms with van der Waals surface area (Å²) in [5.41, 5.74) is 4.71. The van der Waals surface area contributed by atoms with Gasteiger partial charge in [0.1, 0.15) is 5.01 Å². The monoisotopic (exact) mass is 357 g/mol. The first-order valence-corrected chi connectivity index (χ1v) is 8.63. The van der Waals surface area contributed by atoms with Gasteiger partial charge < -0.3 is 0 Å². The van der Waals surface area contributed by atoms with Crippen LogP contribution in [0.15, 0.2) is 58.4 Å². The number of thiazole rings is 1. The first-order chi connectivity index (χ1) is 10.1. The predicted molar refractivity (Wildman–Crippen MR) is 94.8 cm³/mol. The van der Waals surface area contributed by atoms with Crippen LogP contribution in [0.25, 0.3) is 21.8 Å². The Kier molecular flexibility index (Phi) is 4.22. The first-order valence-electron chi connectivity index (χ1n) is 6.96. The molecule has 106 valence electrons. The summed E-state index contributed by atoms with van der Waals surface area (Å²) in [6.07, 6.45) is 0. The van der Waals surface area contributed by atoms with E-state index in [4.69, 9.17) is 4.98 Å². The van der Waals surface area contributed by atoms with Crippen LogP contribution < -0.4 is 0 Å². The summed E-state index contributed by atoms with van der Waals surface area (Å²) < 4.78 is 1.08. The highest BCUT2D eigenvalue weighted by atomic mass is 79.9. The highest BCUT2D eigenvalue weighted by molar-refractivity contribution is 9.10. The van der Waals surface area contributed by atoms with Crippen LogP contribution in [0.2, 0.25) is 0 Å². The molecule has 0 bridgehead atoms. The van der Waals surface area contributed by atoms with Gasteiger partial charge in [0.2, 0.25) is 0 Å². The number of rotatable bonds is 3. The van der Waals surface area contributed by atoms with E-state index in [2.05, 4.69) is 65.5 Å². The molecule has 3 heteroatoms. The number of nitrogens with zero attached hydrogens (tertiary/aromatic N) is 1. The first kappa shape index (κ1) is 14.5. The number of hydrogen-bond acceptors (Lipinski definition) is 2. The maximum absolute atomic E-state index is 4.77. The van der Waals surface area contributed by atoms with Crippen LogP contribution >= 0.6 is 27.3 Å². The van der Waals surface area contributed by atoms with Crippen molar-refractivity contribution < 1.29 is 0 Å². The van der Waals surface area contributed by atoms with Gasteiger partial charge in [-0.25, -0.2) is 4.98 Å². The quantitative estimate of drug-likeness (QED) is 0.531. The van der Waals surface area contributed by atoms with Crippen LogP contribution in [0, 0.1) is 0 Å². The second kappa shape index (κ2) is 6.12. The molecule has 0 N–H and O–H groups in total. The Morgan fingerprint density at radius 1 is 1.00 bits per heavy atom. The van der Waals surface area contributed by atoms with Crippen molar-refractivity contribution in [3.63, 3.8) is 0 Å². The fraction of sp³-hybridized carbons (Fsp3) is 0.167. The lowest BCUT2D eigenvalue weighted by Gasteiger charge is -2.05. The molecule has 0 aliphatic carbocycles. The average molecular weight is 358 g/mol. The zero-order valence-corrected chi connectivity index (χ0v) is 14.4. The van der Waals surface area contributed by atoms with Gasteiger partial charge in [-0.1, -0.05) is 72.2 Å². The normalized spacial score (nSPS) is 11.0. The molecule has 1 heterocycles. The van der Waals surface area contributed by atoms with Crippen molar-refractivity contribution >= 4 is 27.3 Å². The summed E-state index contributed by atoms with van der Waals surface area (Å²) >= 11 is 5.28. The summed E-state index contributed by atoms with van der Waals surface area (Å²) in [6.45, 7) is 4.42. The van der Waals surface area contributed by atoms with Crippen molar-refractivity contribution in [1.82, 2.24) is 4.98 Å². The van der Waals surface area contributed by atoms with E-state index in [0.29, 0.717) is 5.92 Å². The second-order valence-corrected chi connectivity index (χ2v) is 7.01. The summed E-state index contributed by atoms with van der Waals surface area (Å²) in [6, 6.07) is 16.9. The molecule has 2 aromatic carbocycles. The van der Waals surface area contributed by atoms with Gasteiger partial charge in [0.15, 0.2) is 0 Å². The zero-order valence-electron chi connectivity index (χ0n) is 12.0. The van der Waals surface area contributed by atoms with Crippen molar-refractivity contribution in [1.29, 1.82) is 0 Å². The number of hydrogen-bond donors (Lipinski definition) is 0. The van der Waals surface area contributed by atoms with Gasteiger partial charge in [0.05, 0.1) is 5.69 Å². The maximum atomic E-state index is 4.77. The molecule has 0 aliphatic rings. The molecule has 0 fully saturated rings. The summed E-state index contributed by atoms with van der Waals surface area (Å²) in [4.78, 5) is 4.77.